The second-order valence-corrected chi connectivity index (χ2v) is 5.13. The first-order chi connectivity index (χ1) is 9.08. The van der Waals surface area contributed by atoms with Gasteiger partial charge in [-0.25, -0.2) is 0 Å². The van der Waals surface area contributed by atoms with Gasteiger partial charge >= 0.3 is 0 Å². The fourth-order valence-electron chi connectivity index (χ4n) is 3.04. The summed E-state index contributed by atoms with van der Waals surface area (Å²) in [6.45, 7) is 0. The van der Waals surface area contributed by atoms with E-state index in [-0.39, 0.29) is 24.4 Å². The summed E-state index contributed by atoms with van der Waals surface area (Å²) in [7, 11) is 0. The summed E-state index contributed by atoms with van der Waals surface area (Å²) in [5, 5.41) is 0. The standard InChI is InChI=1S/C15H12O4/c16-9-6-12(17)14(13(18)7-9)11-5-8-3-1-2-4-10(8)15(11)19/h1-4,11,14H,5-7H2. The highest BCUT2D eigenvalue weighted by Crippen LogP contribution is 2.34. The third-order valence-electron chi connectivity index (χ3n) is 3.90. The van der Waals surface area contributed by atoms with E-state index in [2.05, 4.69) is 0 Å². The van der Waals surface area contributed by atoms with Gasteiger partial charge in [0.05, 0.1) is 18.8 Å². The molecule has 0 bridgehead atoms. The second-order valence-electron chi connectivity index (χ2n) is 5.13. The van der Waals surface area contributed by atoms with E-state index in [1.54, 1.807) is 12.1 Å². The van der Waals surface area contributed by atoms with Crippen molar-refractivity contribution >= 4 is 23.1 Å². The van der Waals surface area contributed by atoms with Crippen molar-refractivity contribution in [2.45, 2.75) is 19.3 Å². The van der Waals surface area contributed by atoms with Gasteiger partial charge in [0.1, 0.15) is 5.78 Å². The second kappa shape index (κ2) is 4.23. The maximum absolute atomic E-state index is 12.3. The lowest BCUT2D eigenvalue weighted by Gasteiger charge is -2.23. The minimum absolute atomic E-state index is 0.142. The molecule has 0 aliphatic heterocycles. The largest absolute Gasteiger partial charge is 0.299 e. The Morgan fingerprint density at radius 3 is 2.16 bits per heavy atom. The molecule has 1 atom stereocenters. The minimum Gasteiger partial charge on any atom is -0.299 e. The van der Waals surface area contributed by atoms with E-state index < -0.39 is 23.4 Å². The average Bonchev–Trinajstić information content (AvgIpc) is 2.66. The van der Waals surface area contributed by atoms with Gasteiger partial charge in [-0.3, -0.25) is 19.2 Å². The maximum Gasteiger partial charge on any atom is 0.167 e. The fraction of sp³-hybridized carbons (Fsp3) is 0.333. The molecule has 2 aliphatic carbocycles. The molecule has 96 valence electrons. The summed E-state index contributed by atoms with van der Waals surface area (Å²) in [6.07, 6.45) is -0.00158. The Bertz CT molecular complexity index is 594. The summed E-state index contributed by atoms with van der Waals surface area (Å²) in [4.78, 5) is 47.3. The molecule has 0 saturated heterocycles. The van der Waals surface area contributed by atoms with Crippen LogP contribution in [0.5, 0.6) is 0 Å². The van der Waals surface area contributed by atoms with Gasteiger partial charge in [0.2, 0.25) is 0 Å². The molecule has 1 saturated carbocycles. The minimum atomic E-state index is -0.919. The summed E-state index contributed by atoms with van der Waals surface area (Å²) < 4.78 is 0. The van der Waals surface area contributed by atoms with Crippen LogP contribution >= 0.6 is 0 Å². The number of carbonyl (C=O) groups excluding carboxylic acids is 4. The van der Waals surface area contributed by atoms with Gasteiger partial charge in [-0.15, -0.1) is 0 Å². The van der Waals surface area contributed by atoms with Crippen LogP contribution in [0.2, 0.25) is 0 Å². The maximum atomic E-state index is 12.3. The van der Waals surface area contributed by atoms with Crippen molar-refractivity contribution in [3.05, 3.63) is 35.4 Å². The Labute approximate surface area is 109 Å². The van der Waals surface area contributed by atoms with Crippen molar-refractivity contribution in [1.29, 1.82) is 0 Å². The molecule has 0 radical (unpaired) electrons. The van der Waals surface area contributed by atoms with Crippen LogP contribution in [0.4, 0.5) is 0 Å². The van der Waals surface area contributed by atoms with E-state index in [1.807, 2.05) is 12.1 Å². The molecule has 1 unspecified atom stereocenters. The van der Waals surface area contributed by atoms with E-state index >= 15 is 0 Å². The van der Waals surface area contributed by atoms with Crippen LogP contribution in [0.1, 0.15) is 28.8 Å². The first kappa shape index (κ1) is 12.0. The molecule has 0 aromatic heterocycles. The molecule has 2 aliphatic rings. The predicted molar refractivity (Wildman–Crippen MR) is 65.7 cm³/mol. The molecular formula is C15H12O4. The molecule has 4 heteroatoms. The van der Waals surface area contributed by atoms with Gasteiger partial charge in [0.15, 0.2) is 17.3 Å². The van der Waals surface area contributed by atoms with Gasteiger partial charge in [-0.1, -0.05) is 24.3 Å². The molecule has 1 fully saturated rings. The zero-order valence-electron chi connectivity index (χ0n) is 10.2. The number of hydrogen-bond acceptors (Lipinski definition) is 4. The van der Waals surface area contributed by atoms with E-state index in [4.69, 9.17) is 0 Å². The number of fused-ring (bicyclic) bond motifs is 1. The van der Waals surface area contributed by atoms with Crippen LogP contribution in [0.25, 0.3) is 0 Å². The number of ketones is 4. The van der Waals surface area contributed by atoms with E-state index in [0.717, 1.165) is 5.56 Å². The Morgan fingerprint density at radius 2 is 1.53 bits per heavy atom. The Balaban J connectivity index is 1.93. The highest BCUT2D eigenvalue weighted by Gasteiger charge is 2.45. The van der Waals surface area contributed by atoms with Gasteiger partial charge in [0.25, 0.3) is 0 Å². The molecule has 1 aromatic carbocycles. The first-order valence-electron chi connectivity index (χ1n) is 6.27. The van der Waals surface area contributed by atoms with Gasteiger partial charge < -0.3 is 0 Å². The molecule has 4 nitrogen and oxygen atoms in total. The van der Waals surface area contributed by atoms with E-state index in [9.17, 15) is 19.2 Å². The zero-order chi connectivity index (χ0) is 13.6. The van der Waals surface area contributed by atoms with Crippen LogP contribution in [0, 0.1) is 11.8 Å². The smallest absolute Gasteiger partial charge is 0.167 e. The molecule has 0 N–H and O–H groups in total. The van der Waals surface area contributed by atoms with Crippen molar-refractivity contribution in [2.75, 3.05) is 0 Å². The Kier molecular flexibility index (Phi) is 2.66. The summed E-state index contributed by atoms with van der Waals surface area (Å²) >= 11 is 0. The van der Waals surface area contributed by atoms with Crippen LogP contribution in [0.3, 0.4) is 0 Å². The van der Waals surface area contributed by atoms with E-state index in [0.29, 0.717) is 12.0 Å². The van der Waals surface area contributed by atoms with Crippen molar-refractivity contribution < 1.29 is 19.2 Å². The highest BCUT2D eigenvalue weighted by molar-refractivity contribution is 6.23. The summed E-state index contributed by atoms with van der Waals surface area (Å²) in [6, 6.07) is 7.17. The summed E-state index contributed by atoms with van der Waals surface area (Å²) in [5.74, 6) is -2.80. The van der Waals surface area contributed by atoms with Gasteiger partial charge in [-0.05, 0) is 12.0 Å². The summed E-state index contributed by atoms with van der Waals surface area (Å²) in [5.41, 5.74) is 1.49. The van der Waals surface area contributed by atoms with Crippen molar-refractivity contribution in [2.24, 2.45) is 11.8 Å². The average molecular weight is 256 g/mol. The fourth-order valence-corrected chi connectivity index (χ4v) is 3.04. The van der Waals surface area contributed by atoms with Crippen molar-refractivity contribution in [3.8, 4) is 0 Å². The lowest BCUT2D eigenvalue weighted by Crippen LogP contribution is -2.40. The lowest BCUT2D eigenvalue weighted by atomic mass is 9.76. The van der Waals surface area contributed by atoms with Crippen LogP contribution < -0.4 is 0 Å². The van der Waals surface area contributed by atoms with Gasteiger partial charge in [0, 0.05) is 11.5 Å². The molecule has 0 heterocycles. The number of carbonyl (C=O) groups is 4. The molecule has 3 rings (SSSR count). The van der Waals surface area contributed by atoms with Gasteiger partial charge in [-0.2, -0.15) is 0 Å². The quantitative estimate of drug-likeness (QED) is 0.707. The lowest BCUT2D eigenvalue weighted by molar-refractivity contribution is -0.142. The normalized spacial score (nSPS) is 23.9. The molecule has 0 spiro atoms. The molecule has 0 amide bonds. The number of Topliss-reactive ketones (excluding diaryl/α,β-unsaturated/α-hetero) is 4. The predicted octanol–water partition coefficient (Wildman–Crippen LogP) is 1.16. The molecule has 1 aromatic rings. The first-order valence-corrected chi connectivity index (χ1v) is 6.27. The van der Waals surface area contributed by atoms with Crippen LogP contribution in [-0.4, -0.2) is 23.1 Å². The third kappa shape index (κ3) is 1.84. The zero-order valence-corrected chi connectivity index (χ0v) is 10.2. The molecular weight excluding hydrogens is 244 g/mol. The number of rotatable bonds is 1. The third-order valence-corrected chi connectivity index (χ3v) is 3.90. The van der Waals surface area contributed by atoms with Crippen LogP contribution in [0.15, 0.2) is 24.3 Å². The number of hydrogen-bond donors (Lipinski definition) is 0. The van der Waals surface area contributed by atoms with Crippen LogP contribution in [-0.2, 0) is 20.8 Å². The number of benzene rings is 1. The topological polar surface area (TPSA) is 68.3 Å². The molecule has 19 heavy (non-hydrogen) atoms. The monoisotopic (exact) mass is 256 g/mol. The highest BCUT2D eigenvalue weighted by atomic mass is 16.2. The van der Waals surface area contributed by atoms with Crippen molar-refractivity contribution in [1.82, 2.24) is 0 Å². The Hall–Kier alpha value is -2.10. The Morgan fingerprint density at radius 1 is 0.895 bits per heavy atom. The van der Waals surface area contributed by atoms with E-state index in [1.165, 1.54) is 0 Å². The van der Waals surface area contributed by atoms with Crippen molar-refractivity contribution in [3.63, 3.8) is 0 Å². The SMILES string of the molecule is O=C1CC(=O)C(C2Cc3ccccc3C2=O)C(=O)C1.